The molecule has 3 rings (SSSR count). The van der Waals surface area contributed by atoms with Gasteiger partial charge in [-0.05, 0) is 40.5 Å². The van der Waals surface area contributed by atoms with Gasteiger partial charge in [0.2, 0.25) is 5.91 Å². The average molecular weight is 467 g/mol. The van der Waals surface area contributed by atoms with Crippen molar-refractivity contribution in [2.24, 2.45) is 11.8 Å². The zero-order valence-electron chi connectivity index (χ0n) is 20.0. The largest absolute Gasteiger partial charge is 0.481 e. The minimum Gasteiger partial charge on any atom is -0.481 e. The predicted molar refractivity (Wildman–Crippen MR) is 130 cm³/mol. The Morgan fingerprint density at radius 3 is 2.09 bits per heavy atom. The highest BCUT2D eigenvalue weighted by atomic mass is 16.5. The van der Waals surface area contributed by atoms with Gasteiger partial charge < -0.3 is 20.5 Å². The van der Waals surface area contributed by atoms with Crippen LogP contribution in [0, 0.1) is 11.8 Å². The maximum Gasteiger partial charge on any atom is 0.407 e. The van der Waals surface area contributed by atoms with Gasteiger partial charge in [0.05, 0.1) is 6.42 Å². The zero-order valence-corrected chi connectivity index (χ0v) is 20.0. The summed E-state index contributed by atoms with van der Waals surface area (Å²) in [5, 5.41) is 14.6. The summed E-state index contributed by atoms with van der Waals surface area (Å²) in [4.78, 5) is 35.5. The highest BCUT2D eigenvalue weighted by molar-refractivity contribution is 5.79. The topological polar surface area (TPSA) is 105 Å². The molecule has 1 aliphatic rings. The second-order valence-electron chi connectivity index (χ2n) is 9.37. The van der Waals surface area contributed by atoms with E-state index in [4.69, 9.17) is 9.84 Å². The summed E-state index contributed by atoms with van der Waals surface area (Å²) in [7, 11) is 0. The maximum absolute atomic E-state index is 12.3. The van der Waals surface area contributed by atoms with Crippen molar-refractivity contribution in [1.82, 2.24) is 10.6 Å². The normalized spacial score (nSPS) is 14.1. The zero-order chi connectivity index (χ0) is 24.7. The third-order valence-electron chi connectivity index (χ3n) is 6.33. The van der Waals surface area contributed by atoms with Gasteiger partial charge >= 0.3 is 12.1 Å². The third-order valence-corrected chi connectivity index (χ3v) is 6.33. The van der Waals surface area contributed by atoms with E-state index in [-0.39, 0.29) is 43.1 Å². The molecule has 7 nitrogen and oxygen atoms in total. The Bertz CT molecular complexity index is 974. The Labute approximate surface area is 200 Å². The number of alkyl carbamates (subject to hydrolysis) is 1. The van der Waals surface area contributed by atoms with Crippen LogP contribution in [0.1, 0.15) is 57.1 Å². The number of nitrogens with one attached hydrogen (secondary N) is 2. The lowest BCUT2D eigenvalue weighted by Gasteiger charge is -2.21. The first-order chi connectivity index (χ1) is 16.3. The highest BCUT2D eigenvalue weighted by Crippen LogP contribution is 2.44. The minimum absolute atomic E-state index is 0.0143. The van der Waals surface area contributed by atoms with Gasteiger partial charge in [-0.3, -0.25) is 9.59 Å². The van der Waals surface area contributed by atoms with Gasteiger partial charge in [0, 0.05) is 24.9 Å². The summed E-state index contributed by atoms with van der Waals surface area (Å²) in [5.41, 5.74) is 4.70. The van der Waals surface area contributed by atoms with Crippen LogP contribution < -0.4 is 10.6 Å². The van der Waals surface area contributed by atoms with E-state index in [2.05, 4.69) is 34.9 Å². The molecule has 0 radical (unpaired) electrons. The number of carbonyl (C=O) groups is 3. The van der Waals surface area contributed by atoms with Gasteiger partial charge in [0.25, 0.3) is 0 Å². The Morgan fingerprint density at radius 2 is 1.53 bits per heavy atom. The Hall–Kier alpha value is -3.35. The summed E-state index contributed by atoms with van der Waals surface area (Å²) in [5.74, 6) is -1.02. The Kier molecular flexibility index (Phi) is 8.68. The number of amides is 2. The van der Waals surface area contributed by atoms with Gasteiger partial charge in [0.15, 0.2) is 0 Å². The van der Waals surface area contributed by atoms with Crippen molar-refractivity contribution in [3.63, 3.8) is 0 Å². The van der Waals surface area contributed by atoms with Crippen molar-refractivity contribution in [2.75, 3.05) is 13.2 Å². The molecule has 0 aliphatic heterocycles. The van der Waals surface area contributed by atoms with Gasteiger partial charge in [0.1, 0.15) is 6.61 Å². The van der Waals surface area contributed by atoms with Crippen molar-refractivity contribution in [3.05, 3.63) is 59.7 Å². The fraction of sp³-hybridized carbons (Fsp3) is 0.444. The number of carbonyl (C=O) groups excluding carboxylic acids is 2. The number of hydrogen-bond donors (Lipinski definition) is 3. The number of carboxylic acid groups (broad SMARTS) is 1. The van der Waals surface area contributed by atoms with Gasteiger partial charge in [-0.25, -0.2) is 4.79 Å². The number of ether oxygens (including phenoxy) is 1. The van der Waals surface area contributed by atoms with E-state index in [1.54, 1.807) is 0 Å². The second kappa shape index (κ2) is 11.7. The first-order valence-electron chi connectivity index (χ1n) is 11.9. The predicted octanol–water partition coefficient (Wildman–Crippen LogP) is 4.56. The van der Waals surface area contributed by atoms with E-state index in [1.165, 1.54) is 22.3 Å². The summed E-state index contributed by atoms with van der Waals surface area (Å²) in [6.07, 6.45) is 0.319. The van der Waals surface area contributed by atoms with Crippen molar-refractivity contribution in [1.29, 1.82) is 0 Å². The molecule has 7 heteroatoms. The monoisotopic (exact) mass is 466 g/mol. The van der Waals surface area contributed by atoms with E-state index in [1.807, 2.05) is 45.0 Å². The number of benzene rings is 2. The summed E-state index contributed by atoms with van der Waals surface area (Å²) >= 11 is 0. The average Bonchev–Trinajstić information content (AvgIpc) is 3.10. The van der Waals surface area contributed by atoms with E-state index in [0.717, 1.165) is 0 Å². The first kappa shape index (κ1) is 25.3. The maximum atomic E-state index is 12.3. The quantitative estimate of drug-likeness (QED) is 0.450. The number of fused-ring (bicyclic) bond motifs is 3. The van der Waals surface area contributed by atoms with Crippen LogP contribution in [0.25, 0.3) is 11.1 Å². The van der Waals surface area contributed by atoms with Crippen molar-refractivity contribution in [3.8, 4) is 11.1 Å². The lowest BCUT2D eigenvalue weighted by molar-refractivity contribution is -0.138. The molecule has 0 bridgehead atoms. The molecule has 1 unspecified atom stereocenters. The summed E-state index contributed by atoms with van der Waals surface area (Å²) < 4.78 is 5.53. The van der Waals surface area contributed by atoms with E-state index in [0.29, 0.717) is 13.0 Å². The lowest BCUT2D eigenvalue weighted by atomic mass is 9.98. The molecule has 0 fully saturated rings. The molecule has 0 aromatic heterocycles. The van der Waals surface area contributed by atoms with Crippen molar-refractivity contribution >= 4 is 18.0 Å². The fourth-order valence-corrected chi connectivity index (χ4v) is 4.40. The van der Waals surface area contributed by atoms with E-state index in [9.17, 15) is 14.4 Å². The van der Waals surface area contributed by atoms with Crippen LogP contribution in [0.3, 0.4) is 0 Å². The Morgan fingerprint density at radius 1 is 0.941 bits per heavy atom. The SMILES string of the molecule is CC(CCNC(=O)OCC1c2ccccc2-c2ccccc21)CC(=O)N[C@@H](CC(=O)O)C(C)C. The molecule has 2 aromatic carbocycles. The number of hydrogen-bond acceptors (Lipinski definition) is 4. The summed E-state index contributed by atoms with van der Waals surface area (Å²) in [6, 6.07) is 16.0. The van der Waals surface area contributed by atoms with Crippen LogP contribution in [0.2, 0.25) is 0 Å². The summed E-state index contributed by atoms with van der Waals surface area (Å²) in [6.45, 7) is 6.36. The number of carboxylic acids is 1. The molecular weight excluding hydrogens is 432 g/mol. The second-order valence-corrected chi connectivity index (χ2v) is 9.37. The molecule has 2 aromatic rings. The van der Waals surface area contributed by atoms with Crippen LogP contribution in [-0.2, 0) is 14.3 Å². The molecule has 182 valence electrons. The number of aliphatic carboxylic acids is 1. The third kappa shape index (κ3) is 6.59. The van der Waals surface area contributed by atoms with Crippen LogP contribution in [-0.4, -0.2) is 42.3 Å². The first-order valence-corrected chi connectivity index (χ1v) is 11.9. The molecule has 2 atom stereocenters. The molecule has 1 aliphatic carbocycles. The van der Waals surface area contributed by atoms with Gasteiger partial charge in [-0.2, -0.15) is 0 Å². The van der Waals surface area contributed by atoms with Crippen LogP contribution in [0.5, 0.6) is 0 Å². The van der Waals surface area contributed by atoms with Crippen LogP contribution >= 0.6 is 0 Å². The molecule has 0 heterocycles. The minimum atomic E-state index is -0.931. The molecule has 3 N–H and O–H groups in total. The molecule has 0 saturated carbocycles. The Balaban J connectivity index is 1.41. The molecule has 34 heavy (non-hydrogen) atoms. The van der Waals surface area contributed by atoms with Crippen molar-refractivity contribution in [2.45, 2.75) is 52.0 Å². The fourth-order valence-electron chi connectivity index (χ4n) is 4.40. The van der Waals surface area contributed by atoms with Gasteiger partial charge in [-0.15, -0.1) is 0 Å². The molecular formula is C27H34N2O5. The molecule has 0 spiro atoms. The van der Waals surface area contributed by atoms with E-state index >= 15 is 0 Å². The molecule has 2 amide bonds. The standard InChI is InChI=1S/C27H34N2O5/c1-17(2)24(15-26(31)32)29-25(30)14-18(3)12-13-28-27(33)34-16-23-21-10-6-4-8-19(21)20-9-5-7-11-22(20)23/h4-11,17-18,23-24H,12-16H2,1-3H3,(H,28,33)(H,29,30)(H,31,32)/t18?,24-/m0/s1. The lowest BCUT2D eigenvalue weighted by Crippen LogP contribution is -2.40. The van der Waals surface area contributed by atoms with Crippen LogP contribution in [0.4, 0.5) is 4.79 Å². The van der Waals surface area contributed by atoms with Crippen LogP contribution in [0.15, 0.2) is 48.5 Å². The van der Waals surface area contributed by atoms with Gasteiger partial charge in [-0.1, -0.05) is 69.3 Å². The highest BCUT2D eigenvalue weighted by Gasteiger charge is 2.29. The smallest absolute Gasteiger partial charge is 0.407 e. The van der Waals surface area contributed by atoms with Crippen molar-refractivity contribution < 1.29 is 24.2 Å². The molecule has 0 saturated heterocycles. The number of rotatable bonds is 11. The van der Waals surface area contributed by atoms with E-state index < -0.39 is 18.1 Å².